The molecule has 0 aliphatic heterocycles. The fraction of sp³-hybridized carbons (Fsp3) is 0.312. The van der Waals surface area contributed by atoms with Crippen molar-refractivity contribution < 1.29 is 0 Å². The lowest BCUT2D eigenvalue weighted by Gasteiger charge is -2.15. The van der Waals surface area contributed by atoms with E-state index in [0.29, 0.717) is 5.92 Å². The Morgan fingerprint density at radius 1 is 1.11 bits per heavy atom. The molecule has 0 bridgehead atoms. The number of nitrogens with zero attached hydrogens (tertiary/aromatic N) is 1. The lowest BCUT2D eigenvalue weighted by molar-refractivity contribution is 0.799. The maximum atomic E-state index is 6.25. The van der Waals surface area contributed by atoms with Crippen molar-refractivity contribution >= 4 is 12.4 Å². The largest absolute Gasteiger partial charge is 0.319 e. The van der Waals surface area contributed by atoms with Crippen molar-refractivity contribution in [2.24, 2.45) is 5.73 Å². The first kappa shape index (κ1) is 15.7. The van der Waals surface area contributed by atoms with Crippen LogP contribution >= 0.6 is 12.4 Å². The average molecular weight is 277 g/mol. The molecule has 1 aromatic heterocycles. The van der Waals surface area contributed by atoms with Crippen molar-refractivity contribution in [3.05, 3.63) is 65.0 Å². The van der Waals surface area contributed by atoms with Crippen molar-refractivity contribution in [2.75, 3.05) is 0 Å². The van der Waals surface area contributed by atoms with Crippen molar-refractivity contribution in [3.63, 3.8) is 0 Å². The van der Waals surface area contributed by atoms with Gasteiger partial charge in [-0.15, -0.1) is 12.4 Å². The topological polar surface area (TPSA) is 38.9 Å². The van der Waals surface area contributed by atoms with Crippen LogP contribution in [0.1, 0.15) is 48.2 Å². The number of pyridine rings is 1. The summed E-state index contributed by atoms with van der Waals surface area (Å²) < 4.78 is 0. The maximum absolute atomic E-state index is 6.25. The van der Waals surface area contributed by atoms with E-state index < -0.39 is 0 Å². The van der Waals surface area contributed by atoms with Gasteiger partial charge in [0, 0.05) is 6.20 Å². The quantitative estimate of drug-likeness (QED) is 0.921. The molecule has 0 saturated heterocycles. The molecule has 102 valence electrons. The number of benzene rings is 1. The minimum Gasteiger partial charge on any atom is -0.319 e. The summed E-state index contributed by atoms with van der Waals surface area (Å²) in [4.78, 5) is 4.51. The van der Waals surface area contributed by atoms with E-state index in [1.54, 1.807) is 0 Å². The van der Waals surface area contributed by atoms with Gasteiger partial charge in [-0.05, 0) is 35.6 Å². The number of rotatable bonds is 3. The highest BCUT2D eigenvalue weighted by Gasteiger charge is 2.12. The maximum Gasteiger partial charge on any atom is 0.0726 e. The molecule has 0 fully saturated rings. The van der Waals surface area contributed by atoms with Gasteiger partial charge in [0.25, 0.3) is 0 Å². The molecule has 0 spiro atoms. The zero-order chi connectivity index (χ0) is 13.1. The van der Waals surface area contributed by atoms with Crippen molar-refractivity contribution in [3.8, 4) is 0 Å². The van der Waals surface area contributed by atoms with Crippen LogP contribution in [0.2, 0.25) is 0 Å². The summed E-state index contributed by atoms with van der Waals surface area (Å²) in [5.41, 5.74) is 10.8. The van der Waals surface area contributed by atoms with Gasteiger partial charge in [0.1, 0.15) is 0 Å². The molecule has 1 heterocycles. The molecule has 2 aromatic rings. The summed E-state index contributed by atoms with van der Waals surface area (Å²) in [6.45, 7) is 6.49. The van der Waals surface area contributed by atoms with Crippen LogP contribution in [-0.4, -0.2) is 4.98 Å². The Morgan fingerprint density at radius 3 is 2.26 bits per heavy atom. The van der Waals surface area contributed by atoms with E-state index in [9.17, 15) is 0 Å². The van der Waals surface area contributed by atoms with Gasteiger partial charge < -0.3 is 5.73 Å². The third kappa shape index (κ3) is 3.55. The monoisotopic (exact) mass is 276 g/mol. The van der Waals surface area contributed by atoms with Crippen LogP contribution < -0.4 is 5.73 Å². The zero-order valence-corrected chi connectivity index (χ0v) is 12.4. The molecule has 0 amide bonds. The first-order chi connectivity index (χ1) is 8.59. The van der Waals surface area contributed by atoms with Crippen molar-refractivity contribution in [1.82, 2.24) is 4.98 Å². The van der Waals surface area contributed by atoms with E-state index in [1.165, 1.54) is 11.1 Å². The van der Waals surface area contributed by atoms with Gasteiger partial charge in [0.2, 0.25) is 0 Å². The molecule has 2 N–H and O–H groups in total. The number of nitrogens with two attached hydrogens (primary N) is 1. The normalized spacial score (nSPS) is 12.1. The van der Waals surface area contributed by atoms with Gasteiger partial charge in [0.05, 0.1) is 11.7 Å². The molecular weight excluding hydrogens is 256 g/mol. The first-order valence-electron chi connectivity index (χ1n) is 6.36. The summed E-state index contributed by atoms with van der Waals surface area (Å²) in [6, 6.07) is 12.0. The Bertz CT molecular complexity index is 524. The highest BCUT2D eigenvalue weighted by atomic mass is 35.5. The predicted octanol–water partition coefficient (Wildman–Crippen LogP) is 3.98. The fourth-order valence-corrected chi connectivity index (χ4v) is 2.19. The zero-order valence-electron chi connectivity index (χ0n) is 11.6. The van der Waals surface area contributed by atoms with Crippen LogP contribution in [-0.2, 0) is 0 Å². The number of hydrogen-bond donors (Lipinski definition) is 1. The Balaban J connectivity index is 0.00000180. The standard InChI is InChI=1S/C16H20N2.ClH/c1-11(2)14-10-18-15(9-12(14)3)16(17)13-7-5-4-6-8-13;/h4-11,16H,17H2,1-3H3;1H/t16-;/m0./s1. The van der Waals surface area contributed by atoms with Gasteiger partial charge in [0.15, 0.2) is 0 Å². The van der Waals surface area contributed by atoms with E-state index in [0.717, 1.165) is 11.3 Å². The van der Waals surface area contributed by atoms with E-state index in [1.807, 2.05) is 36.5 Å². The molecule has 0 aliphatic rings. The summed E-state index contributed by atoms with van der Waals surface area (Å²) in [5, 5.41) is 0. The minimum absolute atomic E-state index is 0. The van der Waals surface area contributed by atoms with Crippen molar-refractivity contribution in [1.29, 1.82) is 0 Å². The molecule has 0 radical (unpaired) electrons. The molecule has 0 unspecified atom stereocenters. The Morgan fingerprint density at radius 2 is 1.74 bits per heavy atom. The SMILES string of the molecule is Cc1cc([C@@H](N)c2ccccc2)ncc1C(C)C.Cl. The molecular formula is C16H21ClN2. The highest BCUT2D eigenvalue weighted by Crippen LogP contribution is 2.23. The van der Waals surface area contributed by atoms with E-state index in [2.05, 4.69) is 31.8 Å². The van der Waals surface area contributed by atoms with Crippen LogP contribution in [0.15, 0.2) is 42.6 Å². The van der Waals surface area contributed by atoms with Crippen LogP contribution in [0.3, 0.4) is 0 Å². The van der Waals surface area contributed by atoms with Crippen LogP contribution in [0.5, 0.6) is 0 Å². The Hall–Kier alpha value is -1.38. The molecule has 2 nitrogen and oxygen atoms in total. The van der Waals surface area contributed by atoms with E-state index in [4.69, 9.17) is 5.73 Å². The Labute approximate surface area is 121 Å². The molecule has 0 saturated carbocycles. The lowest BCUT2D eigenvalue weighted by Crippen LogP contribution is -2.14. The summed E-state index contributed by atoms with van der Waals surface area (Å²) >= 11 is 0. The van der Waals surface area contributed by atoms with Gasteiger partial charge in [-0.1, -0.05) is 44.2 Å². The number of aromatic nitrogens is 1. The highest BCUT2D eigenvalue weighted by molar-refractivity contribution is 5.85. The molecule has 0 aliphatic carbocycles. The predicted molar refractivity (Wildman–Crippen MR) is 82.8 cm³/mol. The molecule has 1 aromatic carbocycles. The minimum atomic E-state index is -0.147. The molecule has 2 rings (SSSR count). The number of hydrogen-bond acceptors (Lipinski definition) is 2. The second-order valence-electron chi connectivity index (χ2n) is 5.01. The smallest absolute Gasteiger partial charge is 0.0726 e. The van der Waals surface area contributed by atoms with Gasteiger partial charge in [-0.3, -0.25) is 4.98 Å². The third-order valence-corrected chi connectivity index (χ3v) is 3.27. The molecule has 3 heteroatoms. The van der Waals surface area contributed by atoms with E-state index >= 15 is 0 Å². The van der Waals surface area contributed by atoms with Crippen LogP contribution in [0.4, 0.5) is 0 Å². The summed E-state index contributed by atoms with van der Waals surface area (Å²) in [6.07, 6.45) is 1.96. The third-order valence-electron chi connectivity index (χ3n) is 3.27. The first-order valence-corrected chi connectivity index (χ1v) is 6.36. The van der Waals surface area contributed by atoms with Gasteiger partial charge in [-0.2, -0.15) is 0 Å². The molecule has 1 atom stereocenters. The average Bonchev–Trinajstić information content (AvgIpc) is 2.38. The van der Waals surface area contributed by atoms with Gasteiger partial charge >= 0.3 is 0 Å². The van der Waals surface area contributed by atoms with Crippen LogP contribution in [0, 0.1) is 6.92 Å². The second-order valence-corrected chi connectivity index (χ2v) is 5.01. The van der Waals surface area contributed by atoms with Gasteiger partial charge in [-0.25, -0.2) is 0 Å². The lowest BCUT2D eigenvalue weighted by atomic mass is 9.97. The second kappa shape index (κ2) is 6.69. The fourth-order valence-electron chi connectivity index (χ4n) is 2.19. The number of halogens is 1. The molecule has 19 heavy (non-hydrogen) atoms. The van der Waals surface area contributed by atoms with Crippen molar-refractivity contribution in [2.45, 2.75) is 32.7 Å². The van der Waals surface area contributed by atoms with E-state index in [-0.39, 0.29) is 18.4 Å². The number of aryl methyl sites for hydroxylation is 1. The summed E-state index contributed by atoms with van der Waals surface area (Å²) in [5.74, 6) is 0.500. The van der Waals surface area contributed by atoms with Crippen LogP contribution in [0.25, 0.3) is 0 Å². The summed E-state index contributed by atoms with van der Waals surface area (Å²) in [7, 11) is 0. The Kier molecular flexibility index (Phi) is 5.52.